The first-order chi connectivity index (χ1) is 27.3. The fourth-order valence-corrected chi connectivity index (χ4v) is 6.83. The lowest BCUT2D eigenvalue weighted by molar-refractivity contribution is -0.144. The Hall–Kier alpha value is -6.46. The molecule has 0 radical (unpaired) electrons. The number of carbonyl (C=O) groups is 4. The summed E-state index contributed by atoms with van der Waals surface area (Å²) >= 11 is 0. The predicted octanol–water partition coefficient (Wildman–Crippen LogP) is 6.73. The lowest BCUT2D eigenvalue weighted by Crippen LogP contribution is -2.58. The van der Waals surface area contributed by atoms with Crippen molar-refractivity contribution in [3.8, 4) is 22.6 Å². The molecular formula is C45H44N2O9. The molecule has 0 bridgehead atoms. The molecular weight excluding hydrogens is 712 g/mol. The second-order valence-electron chi connectivity index (χ2n) is 13.1. The van der Waals surface area contributed by atoms with Crippen LogP contribution in [0.1, 0.15) is 57.7 Å². The number of ether oxygens (including phenoxy) is 4. The zero-order chi connectivity index (χ0) is 39.4. The number of aliphatic hydroxyl groups excluding tert-OH is 1. The molecule has 5 aromatic carbocycles. The van der Waals surface area contributed by atoms with Crippen LogP contribution in [0.2, 0.25) is 0 Å². The van der Waals surface area contributed by atoms with Gasteiger partial charge in [0.05, 0.1) is 50.8 Å². The first kappa shape index (κ1) is 39.2. The molecule has 1 aliphatic heterocycles. The molecule has 2 amide bonds. The molecule has 1 heterocycles. The third-order valence-electron chi connectivity index (χ3n) is 9.47. The summed E-state index contributed by atoms with van der Waals surface area (Å²) in [6.45, 7) is 1.89. The van der Waals surface area contributed by atoms with Crippen molar-refractivity contribution < 1.29 is 43.2 Å². The fourth-order valence-electron chi connectivity index (χ4n) is 6.83. The van der Waals surface area contributed by atoms with Gasteiger partial charge >= 0.3 is 11.9 Å². The van der Waals surface area contributed by atoms with Crippen LogP contribution < -0.4 is 19.7 Å². The summed E-state index contributed by atoms with van der Waals surface area (Å²) in [4.78, 5) is 58.2. The molecule has 0 aromatic heterocycles. The lowest BCUT2D eigenvalue weighted by Gasteiger charge is -2.45. The Morgan fingerprint density at radius 3 is 2.18 bits per heavy atom. The maximum Gasteiger partial charge on any atom is 0.339 e. The van der Waals surface area contributed by atoms with Gasteiger partial charge in [0.1, 0.15) is 17.6 Å². The molecule has 288 valence electrons. The molecule has 11 heteroatoms. The van der Waals surface area contributed by atoms with Crippen molar-refractivity contribution >= 4 is 29.4 Å². The molecule has 0 saturated heterocycles. The van der Waals surface area contributed by atoms with Crippen LogP contribution in [0.3, 0.4) is 0 Å². The highest BCUT2D eigenvalue weighted by molar-refractivity contribution is 6.00. The van der Waals surface area contributed by atoms with Crippen LogP contribution in [0.25, 0.3) is 11.1 Å². The summed E-state index contributed by atoms with van der Waals surface area (Å²) in [5.41, 5.74) is 3.51. The van der Waals surface area contributed by atoms with E-state index in [4.69, 9.17) is 18.9 Å². The van der Waals surface area contributed by atoms with Crippen molar-refractivity contribution in [2.24, 2.45) is 0 Å². The minimum Gasteiger partial charge on any atom is -0.497 e. The van der Waals surface area contributed by atoms with Gasteiger partial charge in [0.15, 0.2) is 0 Å². The SMILES string of the molecule is CCOC(=O)C[C@H]1[C@H](OC(=O)c2ccccc2-c2ccccc2)[C@@H](NC(=O)c2ccccc2)c2cc(OCCCO)ccc2N1C(=O)Cc1ccc(OC)cc1. The van der Waals surface area contributed by atoms with Crippen molar-refractivity contribution in [2.75, 3.05) is 31.8 Å². The number of fused-ring (bicyclic) bond motifs is 1. The smallest absolute Gasteiger partial charge is 0.339 e. The average molecular weight is 757 g/mol. The van der Waals surface area contributed by atoms with Crippen LogP contribution in [0, 0.1) is 0 Å². The van der Waals surface area contributed by atoms with Crippen molar-refractivity contribution in [2.45, 2.75) is 44.4 Å². The fraction of sp³-hybridized carbons (Fsp3) is 0.244. The summed E-state index contributed by atoms with van der Waals surface area (Å²) in [5.74, 6) is -1.17. The zero-order valence-electron chi connectivity index (χ0n) is 31.3. The molecule has 2 N–H and O–H groups in total. The molecule has 5 aromatic rings. The average Bonchev–Trinajstić information content (AvgIpc) is 3.23. The van der Waals surface area contributed by atoms with E-state index in [9.17, 15) is 24.3 Å². The molecule has 0 unspecified atom stereocenters. The highest BCUT2D eigenvalue weighted by Gasteiger charge is 2.48. The van der Waals surface area contributed by atoms with E-state index in [-0.39, 0.29) is 38.2 Å². The summed E-state index contributed by atoms with van der Waals surface area (Å²) in [6, 6.07) is 34.9. The Morgan fingerprint density at radius 2 is 1.48 bits per heavy atom. The number of amides is 2. The van der Waals surface area contributed by atoms with E-state index in [0.717, 1.165) is 5.56 Å². The van der Waals surface area contributed by atoms with Gasteiger partial charge in [-0.25, -0.2) is 4.79 Å². The number of carbonyl (C=O) groups excluding carboxylic acids is 4. The Bertz CT molecular complexity index is 2120. The quantitative estimate of drug-likeness (QED) is 0.0879. The van der Waals surface area contributed by atoms with Crippen LogP contribution in [0.15, 0.2) is 127 Å². The number of rotatable bonds is 15. The maximum absolute atomic E-state index is 14.7. The van der Waals surface area contributed by atoms with Gasteiger partial charge in [-0.05, 0) is 72.1 Å². The molecule has 56 heavy (non-hydrogen) atoms. The normalized spacial score (nSPS) is 15.9. The summed E-state index contributed by atoms with van der Waals surface area (Å²) in [5, 5.41) is 12.5. The number of anilines is 1. The van der Waals surface area contributed by atoms with Crippen LogP contribution in [-0.2, 0) is 25.5 Å². The predicted molar refractivity (Wildman–Crippen MR) is 211 cm³/mol. The molecule has 0 fully saturated rings. The number of nitrogens with one attached hydrogen (secondary N) is 1. The van der Waals surface area contributed by atoms with E-state index >= 15 is 0 Å². The topological polar surface area (TPSA) is 141 Å². The minimum atomic E-state index is -1.30. The number of hydrogen-bond donors (Lipinski definition) is 2. The van der Waals surface area contributed by atoms with Gasteiger partial charge in [0.2, 0.25) is 5.91 Å². The molecule has 1 aliphatic rings. The van der Waals surface area contributed by atoms with Gasteiger partial charge in [0.25, 0.3) is 5.91 Å². The van der Waals surface area contributed by atoms with E-state index in [0.29, 0.717) is 45.9 Å². The monoisotopic (exact) mass is 756 g/mol. The number of benzene rings is 5. The van der Waals surface area contributed by atoms with Crippen LogP contribution >= 0.6 is 0 Å². The molecule has 11 nitrogen and oxygen atoms in total. The third kappa shape index (κ3) is 9.24. The summed E-state index contributed by atoms with van der Waals surface area (Å²) < 4.78 is 23.2. The zero-order valence-corrected chi connectivity index (χ0v) is 31.3. The molecule has 0 spiro atoms. The highest BCUT2D eigenvalue weighted by atomic mass is 16.6. The van der Waals surface area contributed by atoms with Crippen LogP contribution in [-0.4, -0.2) is 67.9 Å². The Kier molecular flexibility index (Phi) is 13.1. The number of methoxy groups -OCH3 is 1. The lowest BCUT2D eigenvalue weighted by atomic mass is 9.85. The van der Waals surface area contributed by atoms with Crippen molar-refractivity contribution in [1.29, 1.82) is 0 Å². The van der Waals surface area contributed by atoms with E-state index < -0.39 is 41.9 Å². The van der Waals surface area contributed by atoms with Gasteiger partial charge in [-0.15, -0.1) is 0 Å². The van der Waals surface area contributed by atoms with Gasteiger partial charge in [-0.3, -0.25) is 14.4 Å². The van der Waals surface area contributed by atoms with Gasteiger partial charge < -0.3 is 34.3 Å². The number of aliphatic hydroxyl groups is 1. The van der Waals surface area contributed by atoms with E-state index in [1.807, 2.05) is 42.5 Å². The second-order valence-corrected chi connectivity index (χ2v) is 13.1. The minimum absolute atomic E-state index is 0.0734. The molecule has 3 atom stereocenters. The van der Waals surface area contributed by atoms with Crippen molar-refractivity contribution in [1.82, 2.24) is 5.32 Å². The number of nitrogens with zero attached hydrogens (tertiary/aromatic N) is 1. The Labute approximate surface area is 325 Å². The van der Waals surface area contributed by atoms with E-state index in [1.54, 1.807) is 99.0 Å². The van der Waals surface area contributed by atoms with E-state index in [1.165, 1.54) is 4.90 Å². The second kappa shape index (κ2) is 18.7. The Morgan fingerprint density at radius 1 is 0.804 bits per heavy atom. The summed E-state index contributed by atoms with van der Waals surface area (Å²) in [6.07, 6.45) is -1.36. The maximum atomic E-state index is 14.7. The largest absolute Gasteiger partial charge is 0.497 e. The van der Waals surface area contributed by atoms with Gasteiger partial charge in [0, 0.05) is 29.8 Å². The standard InChI is InChI=1S/C45H44N2O9/c1-3-54-41(50)29-39-43(56-45(52)36-18-11-10-17-35(36)31-13-6-4-7-14-31)42(46-44(51)32-15-8-5-9-16-32)37-28-34(55-26-12-25-48)23-24-38(37)47(39)40(49)27-30-19-21-33(53-2)22-20-30/h4-11,13-24,28,39,42-43,48H,3,12,25-27,29H2,1-2H3,(H,46,51)/t39-,42-,43-/m0/s1. The van der Waals surface area contributed by atoms with Gasteiger partial charge in [-0.1, -0.05) is 78.9 Å². The number of esters is 2. The van der Waals surface area contributed by atoms with E-state index in [2.05, 4.69) is 5.32 Å². The molecule has 0 saturated carbocycles. The molecule has 0 aliphatic carbocycles. The number of hydrogen-bond acceptors (Lipinski definition) is 9. The van der Waals surface area contributed by atoms with Crippen LogP contribution in [0.4, 0.5) is 5.69 Å². The third-order valence-corrected chi connectivity index (χ3v) is 9.47. The summed E-state index contributed by atoms with van der Waals surface area (Å²) in [7, 11) is 1.55. The highest BCUT2D eigenvalue weighted by Crippen LogP contribution is 2.43. The Balaban J connectivity index is 1.51. The van der Waals surface area contributed by atoms with Crippen LogP contribution in [0.5, 0.6) is 11.5 Å². The van der Waals surface area contributed by atoms with Crippen molar-refractivity contribution in [3.05, 3.63) is 150 Å². The first-order valence-electron chi connectivity index (χ1n) is 18.5. The molecule has 6 rings (SSSR count). The first-order valence-corrected chi connectivity index (χ1v) is 18.5. The van der Waals surface area contributed by atoms with Crippen molar-refractivity contribution in [3.63, 3.8) is 0 Å². The van der Waals surface area contributed by atoms with Gasteiger partial charge in [-0.2, -0.15) is 0 Å².